The largest absolute Gasteiger partial charge is 0.497 e. The van der Waals surface area contributed by atoms with Gasteiger partial charge in [-0.3, -0.25) is 14.7 Å². The number of aliphatic hydroxyl groups is 1. The highest BCUT2D eigenvalue weighted by Gasteiger charge is 2.33. The third-order valence-corrected chi connectivity index (χ3v) is 6.52. The molecular formula is C25H38N4O3. The third-order valence-electron chi connectivity index (χ3n) is 6.52. The monoisotopic (exact) mass is 442 g/mol. The highest BCUT2D eigenvalue weighted by atomic mass is 16.5. The number of piperidine rings is 1. The molecule has 4 N–H and O–H groups in total. The number of nitrogens with one attached hydrogen (secondary N) is 1. The molecule has 0 spiro atoms. The van der Waals surface area contributed by atoms with E-state index < -0.39 is 6.10 Å². The number of aromatic nitrogens is 1. The number of fused-ring (bicyclic) bond motifs is 1. The van der Waals surface area contributed by atoms with Crippen molar-refractivity contribution in [2.75, 3.05) is 33.3 Å². The number of carbonyl (C=O) groups is 1. The zero-order valence-electron chi connectivity index (χ0n) is 19.4. The van der Waals surface area contributed by atoms with Gasteiger partial charge >= 0.3 is 0 Å². The molecule has 176 valence electrons. The van der Waals surface area contributed by atoms with Crippen molar-refractivity contribution in [2.45, 2.75) is 57.6 Å². The highest BCUT2D eigenvalue weighted by molar-refractivity contribution is 5.83. The van der Waals surface area contributed by atoms with Crippen molar-refractivity contribution in [1.29, 1.82) is 0 Å². The molecule has 2 heterocycles. The number of hydrogen-bond acceptors (Lipinski definition) is 6. The SMILES string of the molecule is CCCCCCCNC1CCN(C[C@H](O)c2ccnc3ccc(OC)cc23)CC1C(N)=O. The minimum Gasteiger partial charge on any atom is -0.497 e. The predicted molar refractivity (Wildman–Crippen MR) is 128 cm³/mol. The van der Waals surface area contributed by atoms with Gasteiger partial charge in [0.05, 0.1) is 24.6 Å². The minimum absolute atomic E-state index is 0.109. The topological polar surface area (TPSA) is 101 Å². The molecule has 1 aliphatic heterocycles. The first-order valence-corrected chi connectivity index (χ1v) is 11.9. The summed E-state index contributed by atoms with van der Waals surface area (Å²) >= 11 is 0. The number of nitrogens with two attached hydrogens (primary N) is 1. The molecule has 1 fully saturated rings. The lowest BCUT2D eigenvalue weighted by Crippen LogP contribution is -2.54. The number of benzene rings is 1. The molecule has 0 saturated carbocycles. The molecule has 1 saturated heterocycles. The molecule has 1 aromatic heterocycles. The van der Waals surface area contributed by atoms with E-state index in [9.17, 15) is 9.90 Å². The second kappa shape index (κ2) is 12.1. The number of pyridine rings is 1. The van der Waals surface area contributed by atoms with Crippen LogP contribution in [0.15, 0.2) is 30.5 Å². The van der Waals surface area contributed by atoms with E-state index in [1.165, 1.54) is 25.7 Å². The Morgan fingerprint density at radius 2 is 2.12 bits per heavy atom. The molecule has 1 aliphatic rings. The fourth-order valence-corrected chi connectivity index (χ4v) is 4.64. The van der Waals surface area contributed by atoms with Crippen LogP contribution in [0.25, 0.3) is 10.9 Å². The zero-order chi connectivity index (χ0) is 22.9. The molecular weight excluding hydrogens is 404 g/mol. The number of hydrogen-bond donors (Lipinski definition) is 3. The number of methoxy groups -OCH3 is 1. The Kier molecular flexibility index (Phi) is 9.26. The van der Waals surface area contributed by atoms with Gasteiger partial charge in [-0.15, -0.1) is 0 Å². The standard InChI is InChI=1S/C25H38N4O3/c1-3-4-5-6-7-12-27-23-11-14-29(16-21(23)25(26)31)17-24(30)19-10-13-28-22-9-8-18(32-2)15-20(19)22/h8-10,13,15,21,23-24,27,30H,3-7,11-12,14,16-17H2,1-2H3,(H2,26,31)/t21?,23?,24-/m0/s1. The van der Waals surface area contributed by atoms with Gasteiger partial charge in [0.25, 0.3) is 0 Å². The van der Waals surface area contributed by atoms with E-state index >= 15 is 0 Å². The number of carbonyl (C=O) groups excluding carboxylic acids is 1. The Balaban J connectivity index is 1.59. The highest BCUT2D eigenvalue weighted by Crippen LogP contribution is 2.28. The van der Waals surface area contributed by atoms with E-state index in [1.54, 1.807) is 13.3 Å². The average molecular weight is 443 g/mol. The molecule has 32 heavy (non-hydrogen) atoms. The second-order valence-electron chi connectivity index (χ2n) is 8.83. The molecule has 2 unspecified atom stereocenters. The number of β-amino-alcohol motifs (C(OH)–C–C–N with tert-alkyl or cyclic N) is 1. The van der Waals surface area contributed by atoms with Crippen LogP contribution in [0.3, 0.4) is 0 Å². The fourth-order valence-electron chi connectivity index (χ4n) is 4.64. The number of primary amides is 1. The van der Waals surface area contributed by atoms with Gasteiger partial charge in [0.15, 0.2) is 0 Å². The number of unbranched alkanes of at least 4 members (excludes halogenated alkanes) is 4. The number of rotatable bonds is 12. The van der Waals surface area contributed by atoms with E-state index in [4.69, 9.17) is 10.5 Å². The molecule has 2 aromatic rings. The predicted octanol–water partition coefficient (Wildman–Crippen LogP) is 3.01. The number of likely N-dealkylation sites (tertiary alicyclic amines) is 1. The van der Waals surface area contributed by atoms with E-state index in [2.05, 4.69) is 22.1 Å². The van der Waals surface area contributed by atoms with Crippen LogP contribution in [-0.4, -0.2) is 60.2 Å². The summed E-state index contributed by atoms with van der Waals surface area (Å²) < 4.78 is 5.34. The van der Waals surface area contributed by atoms with Crippen LogP contribution in [-0.2, 0) is 4.79 Å². The Labute approximate surface area is 191 Å². The maximum atomic E-state index is 12.2. The van der Waals surface area contributed by atoms with Crippen LogP contribution in [0.5, 0.6) is 5.75 Å². The van der Waals surface area contributed by atoms with E-state index in [-0.39, 0.29) is 17.9 Å². The lowest BCUT2D eigenvalue weighted by atomic mass is 9.90. The van der Waals surface area contributed by atoms with Crippen LogP contribution in [0, 0.1) is 5.92 Å². The van der Waals surface area contributed by atoms with Gasteiger partial charge in [0, 0.05) is 30.7 Å². The third kappa shape index (κ3) is 6.40. The van der Waals surface area contributed by atoms with Crippen LogP contribution in [0.1, 0.15) is 57.1 Å². The summed E-state index contributed by atoms with van der Waals surface area (Å²) in [4.78, 5) is 18.7. The number of aliphatic hydroxyl groups excluding tert-OH is 1. The van der Waals surface area contributed by atoms with E-state index in [0.29, 0.717) is 13.1 Å². The first-order valence-electron chi connectivity index (χ1n) is 11.9. The Morgan fingerprint density at radius 1 is 1.31 bits per heavy atom. The number of ether oxygens (including phenoxy) is 1. The zero-order valence-corrected chi connectivity index (χ0v) is 19.4. The summed E-state index contributed by atoms with van der Waals surface area (Å²) in [5.74, 6) is 0.210. The van der Waals surface area contributed by atoms with Gasteiger partial charge < -0.3 is 20.9 Å². The van der Waals surface area contributed by atoms with Gasteiger partial charge in [0.2, 0.25) is 5.91 Å². The first kappa shape index (κ1) is 24.4. The van der Waals surface area contributed by atoms with Crippen molar-refractivity contribution in [3.8, 4) is 5.75 Å². The lowest BCUT2D eigenvalue weighted by molar-refractivity contribution is -0.124. The summed E-state index contributed by atoms with van der Waals surface area (Å²) in [6.45, 7) is 4.97. The van der Waals surface area contributed by atoms with Crippen LogP contribution >= 0.6 is 0 Å². The van der Waals surface area contributed by atoms with E-state index in [0.717, 1.165) is 48.1 Å². The van der Waals surface area contributed by atoms with Crippen molar-refractivity contribution in [2.24, 2.45) is 11.7 Å². The lowest BCUT2D eigenvalue weighted by Gasteiger charge is -2.38. The summed E-state index contributed by atoms with van der Waals surface area (Å²) in [5, 5.41) is 15.5. The van der Waals surface area contributed by atoms with Crippen LogP contribution < -0.4 is 15.8 Å². The molecule has 0 aliphatic carbocycles. The van der Waals surface area contributed by atoms with Crippen molar-refractivity contribution in [3.63, 3.8) is 0 Å². The van der Waals surface area contributed by atoms with Gasteiger partial charge in [-0.2, -0.15) is 0 Å². The summed E-state index contributed by atoms with van der Waals surface area (Å²) in [6, 6.07) is 7.63. The molecule has 3 atom stereocenters. The average Bonchev–Trinajstić information content (AvgIpc) is 2.81. The maximum Gasteiger partial charge on any atom is 0.223 e. The Bertz CT molecular complexity index is 875. The summed E-state index contributed by atoms with van der Waals surface area (Å²) in [7, 11) is 1.63. The molecule has 0 radical (unpaired) electrons. The van der Waals surface area contributed by atoms with Gasteiger partial charge in [-0.25, -0.2) is 0 Å². The molecule has 7 heteroatoms. The van der Waals surface area contributed by atoms with Crippen molar-refractivity contribution >= 4 is 16.8 Å². The Hall–Kier alpha value is -2.22. The minimum atomic E-state index is -0.691. The summed E-state index contributed by atoms with van der Waals surface area (Å²) in [5.41, 5.74) is 7.38. The Morgan fingerprint density at radius 3 is 2.88 bits per heavy atom. The quantitative estimate of drug-likeness (QED) is 0.437. The van der Waals surface area contributed by atoms with Gasteiger partial charge in [0.1, 0.15) is 5.75 Å². The van der Waals surface area contributed by atoms with E-state index in [1.807, 2.05) is 24.3 Å². The second-order valence-corrected chi connectivity index (χ2v) is 8.83. The first-order chi connectivity index (χ1) is 15.5. The molecule has 7 nitrogen and oxygen atoms in total. The molecule has 1 aromatic carbocycles. The normalized spacial score (nSPS) is 20.3. The smallest absolute Gasteiger partial charge is 0.223 e. The van der Waals surface area contributed by atoms with Crippen LogP contribution in [0.4, 0.5) is 0 Å². The molecule has 1 amide bonds. The summed E-state index contributed by atoms with van der Waals surface area (Å²) in [6.07, 6.45) is 8.01. The number of nitrogens with zero attached hydrogens (tertiary/aromatic N) is 2. The van der Waals surface area contributed by atoms with Crippen LogP contribution in [0.2, 0.25) is 0 Å². The van der Waals surface area contributed by atoms with Gasteiger partial charge in [-0.05, 0) is 55.8 Å². The van der Waals surface area contributed by atoms with Crippen molar-refractivity contribution in [1.82, 2.24) is 15.2 Å². The van der Waals surface area contributed by atoms with Crippen molar-refractivity contribution in [3.05, 3.63) is 36.0 Å². The number of amides is 1. The van der Waals surface area contributed by atoms with Gasteiger partial charge in [-0.1, -0.05) is 32.6 Å². The fraction of sp³-hybridized carbons (Fsp3) is 0.600. The molecule has 0 bridgehead atoms. The van der Waals surface area contributed by atoms with Crippen molar-refractivity contribution < 1.29 is 14.6 Å². The molecule has 3 rings (SSSR count). The maximum absolute atomic E-state index is 12.2.